The van der Waals surface area contributed by atoms with Crippen LogP contribution < -0.4 is 5.32 Å². The number of nitrogens with one attached hydrogen (secondary N) is 1. The highest BCUT2D eigenvalue weighted by atomic mass is 32.2. The van der Waals surface area contributed by atoms with Gasteiger partial charge in [0.1, 0.15) is 5.82 Å². The highest BCUT2D eigenvalue weighted by Gasteiger charge is 2.14. The van der Waals surface area contributed by atoms with Crippen LogP contribution in [0, 0.1) is 5.82 Å². The maximum atomic E-state index is 13.0. The Hall–Kier alpha value is -3.07. The van der Waals surface area contributed by atoms with Gasteiger partial charge in [0.05, 0.1) is 10.6 Å². The third-order valence-corrected chi connectivity index (χ3v) is 5.89. The first kappa shape index (κ1) is 20.7. The van der Waals surface area contributed by atoms with Crippen LogP contribution in [0.15, 0.2) is 64.0 Å². The van der Waals surface area contributed by atoms with E-state index in [1.807, 2.05) is 0 Å². The number of hydrogen-bond acceptors (Lipinski definition) is 6. The maximum absolute atomic E-state index is 13.0. The van der Waals surface area contributed by atoms with E-state index in [0.717, 1.165) is 0 Å². The molecule has 3 rings (SSSR count). The van der Waals surface area contributed by atoms with E-state index in [0.29, 0.717) is 30.1 Å². The summed E-state index contributed by atoms with van der Waals surface area (Å²) >= 11 is 0. The maximum Gasteiger partial charge on any atom is 0.226 e. The zero-order valence-corrected chi connectivity index (χ0v) is 16.4. The molecule has 0 fully saturated rings. The molecule has 0 aliphatic rings. The van der Waals surface area contributed by atoms with Gasteiger partial charge in [-0.05, 0) is 42.8 Å². The van der Waals surface area contributed by atoms with Crippen LogP contribution in [0.25, 0.3) is 11.4 Å². The Labute approximate surface area is 167 Å². The third-order valence-electron chi connectivity index (χ3n) is 4.16. The number of aryl methyl sites for hydroxylation is 1. The molecule has 0 unspecified atom stereocenters. The van der Waals surface area contributed by atoms with Crippen LogP contribution in [0.5, 0.6) is 0 Å². The summed E-state index contributed by atoms with van der Waals surface area (Å²) in [7, 11) is -3.42. The molecule has 0 spiro atoms. The predicted octanol–water partition coefficient (Wildman–Crippen LogP) is 2.79. The summed E-state index contributed by atoms with van der Waals surface area (Å²) in [5, 5.41) is 6.45. The van der Waals surface area contributed by atoms with Crippen molar-refractivity contribution in [3.63, 3.8) is 0 Å². The molecule has 1 amide bonds. The standard InChI is InChI=1S/C20H20FN3O4S/c21-16-11-9-15(10-12-16)20-23-19(28-24-20)8-4-7-18(25)22-13-14-29(26,27)17-5-2-1-3-6-17/h1-3,5-6,9-12H,4,7-8,13-14H2,(H,22,25). The molecule has 0 aliphatic carbocycles. The second kappa shape index (κ2) is 9.42. The fraction of sp³-hybridized carbons (Fsp3) is 0.250. The zero-order chi connectivity index (χ0) is 20.7. The van der Waals surface area contributed by atoms with Crippen LogP contribution in [-0.4, -0.2) is 36.8 Å². The molecule has 0 aliphatic heterocycles. The number of sulfone groups is 1. The van der Waals surface area contributed by atoms with Crippen LogP contribution >= 0.6 is 0 Å². The number of rotatable bonds is 9. The predicted molar refractivity (Wildman–Crippen MR) is 104 cm³/mol. The highest BCUT2D eigenvalue weighted by Crippen LogP contribution is 2.17. The molecule has 2 aromatic carbocycles. The quantitative estimate of drug-likeness (QED) is 0.574. The van der Waals surface area contributed by atoms with Gasteiger partial charge in [0.15, 0.2) is 9.84 Å². The second-order valence-corrected chi connectivity index (χ2v) is 8.46. The molecule has 152 valence electrons. The molecule has 0 saturated heterocycles. The number of aromatic nitrogens is 2. The molecule has 1 aromatic heterocycles. The molecule has 0 atom stereocenters. The summed E-state index contributed by atoms with van der Waals surface area (Å²) in [6.07, 6.45) is 1.09. The molecule has 1 N–H and O–H groups in total. The first-order chi connectivity index (χ1) is 13.9. The van der Waals surface area contributed by atoms with E-state index >= 15 is 0 Å². The number of benzene rings is 2. The molecule has 1 heterocycles. The summed E-state index contributed by atoms with van der Waals surface area (Å²) in [5.41, 5.74) is 0.638. The van der Waals surface area contributed by atoms with E-state index < -0.39 is 9.84 Å². The average Bonchev–Trinajstić information content (AvgIpc) is 3.18. The van der Waals surface area contributed by atoms with E-state index in [1.54, 1.807) is 30.3 Å². The van der Waals surface area contributed by atoms with Crippen molar-refractivity contribution in [1.29, 1.82) is 0 Å². The monoisotopic (exact) mass is 417 g/mol. The summed E-state index contributed by atoms with van der Waals surface area (Å²) in [6.45, 7) is 0.0470. The van der Waals surface area contributed by atoms with Crippen molar-refractivity contribution in [2.45, 2.75) is 24.2 Å². The molecule has 0 saturated carbocycles. The lowest BCUT2D eigenvalue weighted by atomic mass is 10.2. The van der Waals surface area contributed by atoms with Gasteiger partial charge in [0.25, 0.3) is 0 Å². The lowest BCUT2D eigenvalue weighted by Crippen LogP contribution is -2.29. The largest absolute Gasteiger partial charge is 0.355 e. The number of carbonyl (C=O) groups excluding carboxylic acids is 1. The van der Waals surface area contributed by atoms with Crippen molar-refractivity contribution in [3.05, 3.63) is 66.3 Å². The van der Waals surface area contributed by atoms with Gasteiger partial charge in [-0.1, -0.05) is 23.4 Å². The summed E-state index contributed by atoms with van der Waals surface area (Å²) in [4.78, 5) is 16.4. The molecule has 7 nitrogen and oxygen atoms in total. The van der Waals surface area contributed by atoms with Gasteiger partial charge in [-0.15, -0.1) is 0 Å². The molecule has 29 heavy (non-hydrogen) atoms. The lowest BCUT2D eigenvalue weighted by molar-refractivity contribution is -0.121. The van der Waals surface area contributed by atoms with Gasteiger partial charge in [-0.3, -0.25) is 4.79 Å². The third kappa shape index (κ3) is 5.95. The minimum atomic E-state index is -3.42. The van der Waals surface area contributed by atoms with E-state index in [9.17, 15) is 17.6 Å². The Morgan fingerprint density at radius 3 is 2.52 bits per heavy atom. The van der Waals surface area contributed by atoms with Crippen molar-refractivity contribution in [2.24, 2.45) is 0 Å². The fourth-order valence-electron chi connectivity index (χ4n) is 2.63. The summed E-state index contributed by atoms with van der Waals surface area (Å²) < 4.78 is 42.4. The second-order valence-electron chi connectivity index (χ2n) is 6.35. The van der Waals surface area contributed by atoms with Crippen molar-refractivity contribution in [2.75, 3.05) is 12.3 Å². The normalized spacial score (nSPS) is 11.3. The minimum absolute atomic E-state index is 0.0470. The van der Waals surface area contributed by atoms with Gasteiger partial charge in [-0.25, -0.2) is 12.8 Å². The minimum Gasteiger partial charge on any atom is -0.355 e. The van der Waals surface area contributed by atoms with Crippen LogP contribution in [0.2, 0.25) is 0 Å². The van der Waals surface area contributed by atoms with E-state index in [1.165, 1.54) is 24.3 Å². The fourth-order valence-corrected chi connectivity index (χ4v) is 3.81. The number of hydrogen-bond donors (Lipinski definition) is 1. The van der Waals surface area contributed by atoms with Crippen molar-refractivity contribution in [1.82, 2.24) is 15.5 Å². The van der Waals surface area contributed by atoms with E-state index in [2.05, 4.69) is 15.5 Å². The summed E-state index contributed by atoms with van der Waals surface area (Å²) in [5.74, 6) is -0.0149. The molecular formula is C20H20FN3O4S. The summed E-state index contributed by atoms with van der Waals surface area (Å²) in [6, 6.07) is 13.9. The van der Waals surface area contributed by atoms with Crippen LogP contribution in [0.1, 0.15) is 18.7 Å². The Kier molecular flexibility index (Phi) is 6.71. The van der Waals surface area contributed by atoms with Crippen molar-refractivity contribution in [3.8, 4) is 11.4 Å². The number of nitrogens with zero attached hydrogens (tertiary/aromatic N) is 2. The Balaban J connectivity index is 1.40. The Bertz CT molecular complexity index is 1050. The molecule has 3 aromatic rings. The Morgan fingerprint density at radius 1 is 1.07 bits per heavy atom. The smallest absolute Gasteiger partial charge is 0.226 e. The SMILES string of the molecule is O=C(CCCc1nc(-c2ccc(F)cc2)no1)NCCS(=O)(=O)c1ccccc1. The van der Waals surface area contributed by atoms with Crippen LogP contribution in [0.4, 0.5) is 4.39 Å². The van der Waals surface area contributed by atoms with Gasteiger partial charge >= 0.3 is 0 Å². The molecular weight excluding hydrogens is 397 g/mol. The first-order valence-corrected chi connectivity index (χ1v) is 10.7. The van der Waals surface area contributed by atoms with Gasteiger partial charge in [0.2, 0.25) is 17.6 Å². The molecule has 9 heteroatoms. The van der Waals surface area contributed by atoms with E-state index in [-0.39, 0.29) is 35.3 Å². The van der Waals surface area contributed by atoms with Crippen LogP contribution in [0.3, 0.4) is 0 Å². The molecule has 0 radical (unpaired) electrons. The molecule has 0 bridgehead atoms. The number of halogens is 1. The lowest BCUT2D eigenvalue weighted by Gasteiger charge is -2.06. The Morgan fingerprint density at radius 2 is 1.79 bits per heavy atom. The van der Waals surface area contributed by atoms with E-state index in [4.69, 9.17) is 4.52 Å². The van der Waals surface area contributed by atoms with Gasteiger partial charge in [0, 0.05) is 24.9 Å². The van der Waals surface area contributed by atoms with Gasteiger partial charge < -0.3 is 9.84 Å². The van der Waals surface area contributed by atoms with Crippen molar-refractivity contribution >= 4 is 15.7 Å². The number of carbonyl (C=O) groups is 1. The van der Waals surface area contributed by atoms with Crippen molar-refractivity contribution < 1.29 is 22.1 Å². The topological polar surface area (TPSA) is 102 Å². The van der Waals surface area contributed by atoms with Crippen LogP contribution in [-0.2, 0) is 21.1 Å². The number of amides is 1. The average molecular weight is 417 g/mol. The van der Waals surface area contributed by atoms with Gasteiger partial charge in [-0.2, -0.15) is 4.98 Å². The first-order valence-electron chi connectivity index (χ1n) is 9.07. The zero-order valence-electron chi connectivity index (χ0n) is 15.5. The highest BCUT2D eigenvalue weighted by molar-refractivity contribution is 7.91.